The Bertz CT molecular complexity index is 1180. The number of hydrogen-bond donors (Lipinski definition) is 3. The molecule has 6 heteroatoms. The van der Waals surface area contributed by atoms with Crippen molar-refractivity contribution in [2.24, 2.45) is 27.6 Å². The minimum atomic E-state index is -0.651. The molecule has 5 rings (SSSR count). The predicted molar refractivity (Wildman–Crippen MR) is 131 cm³/mol. The van der Waals surface area contributed by atoms with Gasteiger partial charge in [-0.1, -0.05) is 27.7 Å². The van der Waals surface area contributed by atoms with Crippen molar-refractivity contribution >= 4 is 11.8 Å². The third-order valence-electron chi connectivity index (χ3n) is 11.4. The largest absolute Gasteiger partial charge is 0.504 e. The number of benzene rings is 1. The number of methoxy groups -OCH3 is 1. The molecule has 6 nitrogen and oxygen atoms in total. The van der Waals surface area contributed by atoms with Gasteiger partial charge in [0.25, 0.3) is 0 Å². The summed E-state index contributed by atoms with van der Waals surface area (Å²) in [4.78, 5) is 26.2. The van der Waals surface area contributed by atoms with Crippen molar-refractivity contribution in [3.63, 3.8) is 0 Å². The van der Waals surface area contributed by atoms with Crippen LogP contribution in [0.5, 0.6) is 17.2 Å². The Labute approximate surface area is 207 Å². The average Bonchev–Trinajstić information content (AvgIpc) is 2.81. The molecule has 0 aromatic heterocycles. The maximum atomic E-state index is 13.4. The lowest BCUT2D eigenvalue weighted by molar-refractivity contribution is -0.179. The van der Waals surface area contributed by atoms with Gasteiger partial charge in [-0.15, -0.1) is 0 Å². The van der Waals surface area contributed by atoms with Crippen LogP contribution in [-0.4, -0.2) is 34.2 Å². The van der Waals surface area contributed by atoms with Crippen molar-refractivity contribution in [1.82, 2.24) is 0 Å². The van der Waals surface area contributed by atoms with Gasteiger partial charge in [-0.3, -0.25) is 9.59 Å². The molecule has 0 spiro atoms. The summed E-state index contributed by atoms with van der Waals surface area (Å²) in [6.45, 7) is 11.1. The molecule has 6 atom stereocenters. The first kappa shape index (κ1) is 24.2. The van der Waals surface area contributed by atoms with Crippen LogP contribution in [0.25, 0.3) is 0 Å². The number of rotatable bonds is 1. The van der Waals surface area contributed by atoms with E-state index in [-0.39, 0.29) is 39.5 Å². The molecule has 0 bridgehead atoms. The monoisotopic (exact) mass is 482 g/mol. The molecule has 0 radical (unpaired) electrons. The summed E-state index contributed by atoms with van der Waals surface area (Å²) in [5, 5.41) is 31.0. The Morgan fingerprint density at radius 2 is 1.60 bits per heavy atom. The first-order valence-electron chi connectivity index (χ1n) is 12.8. The molecule has 3 N–H and O–H groups in total. The Morgan fingerprint density at radius 3 is 2.26 bits per heavy atom. The highest BCUT2D eigenvalue weighted by molar-refractivity contribution is 6.11. The zero-order valence-corrected chi connectivity index (χ0v) is 21.7. The van der Waals surface area contributed by atoms with Gasteiger partial charge in [0, 0.05) is 5.41 Å². The van der Waals surface area contributed by atoms with E-state index in [1.54, 1.807) is 6.08 Å². The Balaban J connectivity index is 1.65. The quantitative estimate of drug-likeness (QED) is 0.347. The van der Waals surface area contributed by atoms with Gasteiger partial charge in [0.05, 0.1) is 18.1 Å². The average molecular weight is 483 g/mol. The molecule has 3 saturated carbocycles. The van der Waals surface area contributed by atoms with E-state index >= 15 is 0 Å². The number of ketones is 1. The Kier molecular flexibility index (Phi) is 4.87. The van der Waals surface area contributed by atoms with E-state index in [0.717, 1.165) is 50.5 Å². The third kappa shape index (κ3) is 2.83. The van der Waals surface area contributed by atoms with Gasteiger partial charge in [0.1, 0.15) is 0 Å². The normalized spacial score (nSPS) is 42.2. The number of allylic oxidation sites excluding steroid dienone is 2. The molecule has 4 aliphatic rings. The first-order chi connectivity index (χ1) is 16.2. The topological polar surface area (TPSA) is 104 Å². The van der Waals surface area contributed by atoms with Gasteiger partial charge in [-0.25, -0.2) is 0 Å². The smallest absolute Gasteiger partial charge is 0.311 e. The highest BCUT2D eigenvalue weighted by Crippen LogP contribution is 2.74. The first-order valence-corrected chi connectivity index (χ1v) is 12.8. The molecular weight excluding hydrogens is 444 g/mol. The summed E-state index contributed by atoms with van der Waals surface area (Å²) in [5.41, 5.74) is 0.355. The number of ether oxygens (including phenoxy) is 1. The fourth-order valence-corrected chi connectivity index (χ4v) is 8.74. The molecule has 0 saturated heterocycles. The van der Waals surface area contributed by atoms with Crippen LogP contribution in [-0.2, 0) is 14.9 Å². The van der Waals surface area contributed by atoms with Crippen LogP contribution in [0.1, 0.15) is 95.5 Å². The molecule has 35 heavy (non-hydrogen) atoms. The zero-order valence-electron chi connectivity index (χ0n) is 21.7. The van der Waals surface area contributed by atoms with Gasteiger partial charge in [-0.2, -0.15) is 0 Å². The lowest BCUT2D eigenvalue weighted by Crippen LogP contribution is -2.62. The van der Waals surface area contributed by atoms with Crippen LogP contribution in [0.3, 0.4) is 0 Å². The lowest BCUT2D eigenvalue weighted by atomic mass is 9.34. The Hall–Kier alpha value is -2.50. The van der Waals surface area contributed by atoms with E-state index in [1.165, 1.54) is 13.2 Å². The molecular formula is C29H38O6. The number of fused-ring (bicyclic) bond motifs is 7. The van der Waals surface area contributed by atoms with E-state index in [9.17, 15) is 24.9 Å². The van der Waals surface area contributed by atoms with E-state index < -0.39 is 28.1 Å². The summed E-state index contributed by atoms with van der Waals surface area (Å²) in [5.74, 6) is -1.79. The summed E-state index contributed by atoms with van der Waals surface area (Å²) >= 11 is 0. The lowest BCUT2D eigenvalue weighted by Gasteiger charge is -2.69. The molecule has 1 aromatic rings. The molecule has 0 aliphatic heterocycles. The molecule has 4 aliphatic carbocycles. The second kappa shape index (κ2) is 7.04. The van der Waals surface area contributed by atoms with Gasteiger partial charge >= 0.3 is 5.97 Å². The van der Waals surface area contributed by atoms with Gasteiger partial charge < -0.3 is 20.1 Å². The standard InChI is InChI=1S/C29H38O6/c1-25-7-8-26(2,24(34)35-6)15-20(25)29(5)12-10-27(3)16-13-18(31)22(32)23(33)21(16)17(30)14-19(27)28(29,4)11-9-25/h13-14,20,31-33H,7-12,15H2,1-6H3. The second-order valence-electron chi connectivity index (χ2n) is 13.0. The van der Waals surface area contributed by atoms with Crippen LogP contribution in [0.2, 0.25) is 0 Å². The number of phenolic OH excluding ortho intramolecular Hbond substituents is 3. The highest BCUT2D eigenvalue weighted by Gasteiger charge is 2.67. The minimum Gasteiger partial charge on any atom is -0.504 e. The van der Waals surface area contributed by atoms with Crippen LogP contribution in [0, 0.1) is 27.6 Å². The van der Waals surface area contributed by atoms with Crippen molar-refractivity contribution in [2.75, 3.05) is 7.11 Å². The summed E-state index contributed by atoms with van der Waals surface area (Å²) in [6.07, 6.45) is 7.86. The molecule has 6 unspecified atom stereocenters. The summed E-state index contributed by atoms with van der Waals surface area (Å²) < 4.78 is 5.22. The number of carbonyl (C=O) groups is 2. The van der Waals surface area contributed by atoms with E-state index in [4.69, 9.17) is 4.74 Å². The molecule has 1 aromatic carbocycles. The van der Waals surface area contributed by atoms with Gasteiger partial charge in [0.2, 0.25) is 5.75 Å². The third-order valence-corrected chi connectivity index (χ3v) is 11.4. The van der Waals surface area contributed by atoms with Crippen LogP contribution < -0.4 is 0 Å². The van der Waals surface area contributed by atoms with Crippen molar-refractivity contribution in [2.45, 2.75) is 85.0 Å². The van der Waals surface area contributed by atoms with Crippen LogP contribution in [0.15, 0.2) is 17.7 Å². The SMILES string of the molecule is COC(=O)C1(C)CCC2(C)CCC3(C)C4=CC(=O)c5c(cc(O)c(O)c5O)C4(C)CCC3(C)C2C1. The van der Waals surface area contributed by atoms with Crippen molar-refractivity contribution in [3.05, 3.63) is 28.8 Å². The van der Waals surface area contributed by atoms with E-state index in [0.29, 0.717) is 5.56 Å². The summed E-state index contributed by atoms with van der Waals surface area (Å²) in [7, 11) is 1.47. The number of hydrogen-bond acceptors (Lipinski definition) is 6. The zero-order chi connectivity index (χ0) is 25.8. The second-order valence-corrected chi connectivity index (χ2v) is 13.0. The predicted octanol–water partition coefficient (Wildman–Crippen LogP) is 5.77. The van der Waals surface area contributed by atoms with Crippen LogP contribution >= 0.6 is 0 Å². The van der Waals surface area contributed by atoms with Crippen molar-refractivity contribution in [3.8, 4) is 17.2 Å². The van der Waals surface area contributed by atoms with E-state index in [1.807, 2.05) is 6.92 Å². The summed E-state index contributed by atoms with van der Waals surface area (Å²) in [6, 6.07) is 1.46. The van der Waals surface area contributed by atoms with Crippen LogP contribution in [0.4, 0.5) is 0 Å². The molecule has 0 amide bonds. The fraction of sp³-hybridized carbons (Fsp3) is 0.655. The fourth-order valence-electron chi connectivity index (χ4n) is 8.74. The van der Waals surface area contributed by atoms with Gasteiger partial charge in [-0.05, 0) is 97.3 Å². The maximum absolute atomic E-state index is 13.4. The molecule has 190 valence electrons. The van der Waals surface area contributed by atoms with Crippen molar-refractivity contribution in [1.29, 1.82) is 0 Å². The number of carbonyl (C=O) groups excluding carboxylic acids is 2. The number of esters is 1. The molecule has 0 heterocycles. The number of aromatic hydroxyl groups is 3. The maximum Gasteiger partial charge on any atom is 0.311 e. The highest BCUT2D eigenvalue weighted by atomic mass is 16.5. The minimum absolute atomic E-state index is 0.0929. The van der Waals surface area contributed by atoms with Crippen molar-refractivity contribution < 1.29 is 29.6 Å². The van der Waals surface area contributed by atoms with E-state index in [2.05, 4.69) is 27.7 Å². The number of phenols is 3. The Morgan fingerprint density at radius 1 is 0.943 bits per heavy atom. The van der Waals surface area contributed by atoms with Gasteiger partial charge in [0.15, 0.2) is 17.3 Å². The molecule has 3 fully saturated rings.